The van der Waals surface area contributed by atoms with Crippen LogP contribution >= 0.6 is 0 Å². The predicted molar refractivity (Wildman–Crippen MR) is 79.1 cm³/mol. The molecule has 3 N–H and O–H groups in total. The lowest BCUT2D eigenvalue weighted by Crippen LogP contribution is -2.39. The van der Waals surface area contributed by atoms with Crippen molar-refractivity contribution in [3.05, 3.63) is 35.4 Å². The van der Waals surface area contributed by atoms with Crippen molar-refractivity contribution in [3.63, 3.8) is 0 Å². The van der Waals surface area contributed by atoms with Crippen LogP contribution in [0.5, 0.6) is 0 Å². The number of likely N-dealkylation sites (N-methyl/N-ethyl adjacent to an activating group) is 1. The molecule has 5 heteroatoms. The van der Waals surface area contributed by atoms with Crippen molar-refractivity contribution in [2.24, 2.45) is 11.7 Å². The second kappa shape index (κ2) is 7.65. The van der Waals surface area contributed by atoms with Gasteiger partial charge in [0, 0.05) is 25.7 Å². The number of nitrogens with two attached hydrogens (primary N) is 1. The molecule has 0 bridgehead atoms. The van der Waals surface area contributed by atoms with Gasteiger partial charge in [-0.2, -0.15) is 0 Å². The van der Waals surface area contributed by atoms with Gasteiger partial charge >= 0.3 is 0 Å². The summed E-state index contributed by atoms with van der Waals surface area (Å²) in [6.07, 6.45) is 0. The highest BCUT2D eigenvalue weighted by Crippen LogP contribution is 2.07. The minimum absolute atomic E-state index is 0.0540. The number of rotatable bonds is 6. The summed E-state index contributed by atoms with van der Waals surface area (Å²) in [6.45, 7) is 5.10. The number of nitrogens with zero attached hydrogens (tertiary/aromatic N) is 1. The summed E-state index contributed by atoms with van der Waals surface area (Å²) in [5.41, 5.74) is 7.00. The predicted octanol–water partition coefficient (Wildman–Crippen LogP) is 0.989. The van der Waals surface area contributed by atoms with E-state index in [-0.39, 0.29) is 18.4 Å². The molecule has 0 fully saturated rings. The molecule has 0 saturated carbocycles. The summed E-state index contributed by atoms with van der Waals surface area (Å²) in [5, 5.41) is 2.79. The molecule has 0 unspecified atom stereocenters. The van der Waals surface area contributed by atoms with Crippen molar-refractivity contribution in [2.75, 3.05) is 20.1 Å². The average Bonchev–Trinajstić information content (AvgIpc) is 2.44. The first kappa shape index (κ1) is 16.2. The van der Waals surface area contributed by atoms with Crippen LogP contribution in [-0.4, -0.2) is 36.9 Å². The number of carbonyl (C=O) groups excluding carboxylic acids is 2. The minimum atomic E-state index is -0.181. The summed E-state index contributed by atoms with van der Waals surface area (Å²) < 4.78 is 0. The Morgan fingerprint density at radius 3 is 2.65 bits per heavy atom. The Hall–Kier alpha value is -1.88. The zero-order valence-corrected chi connectivity index (χ0v) is 12.3. The van der Waals surface area contributed by atoms with Gasteiger partial charge in [-0.25, -0.2) is 0 Å². The van der Waals surface area contributed by atoms with Crippen molar-refractivity contribution in [2.45, 2.75) is 20.4 Å². The first-order valence-electron chi connectivity index (χ1n) is 6.75. The van der Waals surface area contributed by atoms with Gasteiger partial charge in [0.15, 0.2) is 0 Å². The van der Waals surface area contributed by atoms with Gasteiger partial charge in [0.25, 0.3) is 5.91 Å². The van der Waals surface area contributed by atoms with Crippen molar-refractivity contribution in [1.29, 1.82) is 0 Å². The summed E-state index contributed by atoms with van der Waals surface area (Å²) >= 11 is 0. The van der Waals surface area contributed by atoms with E-state index in [9.17, 15) is 9.59 Å². The van der Waals surface area contributed by atoms with Crippen LogP contribution in [0, 0.1) is 5.92 Å². The van der Waals surface area contributed by atoms with Gasteiger partial charge in [-0.3, -0.25) is 9.59 Å². The van der Waals surface area contributed by atoms with Gasteiger partial charge in [0.2, 0.25) is 5.91 Å². The number of amides is 2. The molecule has 0 radical (unpaired) electrons. The molecule has 20 heavy (non-hydrogen) atoms. The Morgan fingerprint density at radius 1 is 1.35 bits per heavy atom. The van der Waals surface area contributed by atoms with Crippen molar-refractivity contribution < 1.29 is 9.59 Å². The normalized spacial score (nSPS) is 10.4. The lowest BCUT2D eigenvalue weighted by atomic mass is 10.1. The van der Waals surface area contributed by atoms with Crippen molar-refractivity contribution in [3.8, 4) is 0 Å². The van der Waals surface area contributed by atoms with E-state index in [0.29, 0.717) is 24.6 Å². The van der Waals surface area contributed by atoms with Crippen LogP contribution in [0.3, 0.4) is 0 Å². The Kier molecular flexibility index (Phi) is 6.18. The van der Waals surface area contributed by atoms with Crippen LogP contribution in [0.15, 0.2) is 24.3 Å². The molecule has 0 saturated heterocycles. The van der Waals surface area contributed by atoms with Crippen molar-refractivity contribution >= 4 is 11.8 Å². The molecule has 1 aromatic rings. The molecule has 0 heterocycles. The van der Waals surface area contributed by atoms with Gasteiger partial charge in [-0.1, -0.05) is 26.0 Å². The molecule has 1 aromatic carbocycles. The largest absolute Gasteiger partial charge is 0.354 e. The number of hydrogen-bond donors (Lipinski definition) is 2. The maximum atomic E-state index is 12.2. The molecule has 0 aliphatic carbocycles. The van der Waals surface area contributed by atoms with E-state index >= 15 is 0 Å². The third kappa shape index (κ3) is 5.01. The zero-order chi connectivity index (χ0) is 15.1. The Balaban J connectivity index is 2.60. The quantitative estimate of drug-likeness (QED) is 0.814. The van der Waals surface area contributed by atoms with Gasteiger partial charge in [0.1, 0.15) is 0 Å². The van der Waals surface area contributed by atoms with E-state index in [1.54, 1.807) is 25.2 Å². The number of carbonyl (C=O) groups is 2. The van der Waals surface area contributed by atoms with Crippen LogP contribution in [0.4, 0.5) is 0 Å². The number of nitrogens with one attached hydrogen (secondary N) is 1. The molecular formula is C15H23N3O2. The first-order valence-corrected chi connectivity index (χ1v) is 6.75. The molecule has 0 atom stereocenters. The molecule has 0 aliphatic heterocycles. The molecule has 1 rings (SSSR count). The summed E-state index contributed by atoms with van der Waals surface area (Å²) in [6, 6.07) is 7.14. The maximum absolute atomic E-state index is 12.2. The lowest BCUT2D eigenvalue weighted by Gasteiger charge is -2.17. The Morgan fingerprint density at radius 2 is 2.05 bits per heavy atom. The number of hydrogen-bond acceptors (Lipinski definition) is 3. The van der Waals surface area contributed by atoms with Crippen molar-refractivity contribution in [1.82, 2.24) is 10.2 Å². The SMILES string of the molecule is CC(C)CNC(=O)CN(C)C(=O)c1cccc(CN)c1. The fourth-order valence-electron chi connectivity index (χ4n) is 1.71. The second-order valence-corrected chi connectivity index (χ2v) is 5.26. The molecule has 2 amide bonds. The molecule has 110 valence electrons. The molecule has 0 aliphatic rings. The van der Waals surface area contributed by atoms with E-state index in [0.717, 1.165) is 5.56 Å². The summed E-state index contributed by atoms with van der Waals surface area (Å²) in [4.78, 5) is 25.3. The van der Waals surface area contributed by atoms with Gasteiger partial charge in [0.05, 0.1) is 6.54 Å². The summed E-state index contributed by atoms with van der Waals surface area (Å²) in [7, 11) is 1.62. The van der Waals surface area contributed by atoms with Crippen LogP contribution in [0.25, 0.3) is 0 Å². The molecule has 5 nitrogen and oxygen atoms in total. The van der Waals surface area contributed by atoms with E-state index in [1.165, 1.54) is 4.90 Å². The second-order valence-electron chi connectivity index (χ2n) is 5.26. The third-order valence-corrected chi connectivity index (χ3v) is 2.84. The van der Waals surface area contributed by atoms with E-state index in [1.807, 2.05) is 19.9 Å². The monoisotopic (exact) mass is 277 g/mol. The highest BCUT2D eigenvalue weighted by atomic mass is 16.2. The smallest absolute Gasteiger partial charge is 0.254 e. The molecule has 0 spiro atoms. The maximum Gasteiger partial charge on any atom is 0.254 e. The number of benzene rings is 1. The van der Waals surface area contributed by atoms with Crippen LogP contribution in [0.2, 0.25) is 0 Å². The van der Waals surface area contributed by atoms with E-state index in [4.69, 9.17) is 5.73 Å². The average molecular weight is 277 g/mol. The van der Waals surface area contributed by atoms with Gasteiger partial charge in [-0.15, -0.1) is 0 Å². The van der Waals surface area contributed by atoms with Crippen LogP contribution in [0.1, 0.15) is 29.8 Å². The minimum Gasteiger partial charge on any atom is -0.354 e. The summed E-state index contributed by atoms with van der Waals surface area (Å²) in [5.74, 6) is 0.0609. The molecule has 0 aromatic heterocycles. The highest BCUT2D eigenvalue weighted by Gasteiger charge is 2.15. The first-order chi connectivity index (χ1) is 9.43. The lowest BCUT2D eigenvalue weighted by molar-refractivity contribution is -0.121. The van der Waals surface area contributed by atoms with Gasteiger partial charge in [-0.05, 0) is 23.6 Å². The van der Waals surface area contributed by atoms with E-state index < -0.39 is 0 Å². The van der Waals surface area contributed by atoms with E-state index in [2.05, 4.69) is 5.32 Å². The third-order valence-electron chi connectivity index (χ3n) is 2.84. The fourth-order valence-corrected chi connectivity index (χ4v) is 1.71. The Bertz CT molecular complexity index is 472. The Labute approximate surface area is 120 Å². The van der Waals surface area contributed by atoms with Gasteiger partial charge < -0.3 is 16.0 Å². The molecular weight excluding hydrogens is 254 g/mol. The highest BCUT2D eigenvalue weighted by molar-refractivity contribution is 5.96. The topological polar surface area (TPSA) is 75.4 Å². The zero-order valence-electron chi connectivity index (χ0n) is 12.3. The van der Waals surface area contributed by atoms with Crippen LogP contribution in [-0.2, 0) is 11.3 Å². The standard InChI is InChI=1S/C15H23N3O2/c1-11(2)9-17-14(19)10-18(3)15(20)13-6-4-5-12(7-13)8-16/h4-7,11H,8-10,16H2,1-3H3,(H,17,19). The van der Waals surface area contributed by atoms with Crippen LogP contribution < -0.4 is 11.1 Å². The fraction of sp³-hybridized carbons (Fsp3) is 0.467.